The second kappa shape index (κ2) is 6.43. The lowest BCUT2D eigenvalue weighted by Gasteiger charge is -2.14. The van der Waals surface area contributed by atoms with Crippen LogP contribution in [0.2, 0.25) is 0 Å². The van der Waals surface area contributed by atoms with Crippen LogP contribution in [0.25, 0.3) is 0 Å². The van der Waals surface area contributed by atoms with Crippen LogP contribution < -0.4 is 10.5 Å². The molecule has 0 amide bonds. The lowest BCUT2D eigenvalue weighted by molar-refractivity contribution is 0.399. The molecule has 0 heterocycles. The normalized spacial score (nSPS) is 11.4. The molecule has 1 rings (SSSR count). The van der Waals surface area contributed by atoms with E-state index in [9.17, 15) is 4.39 Å². The van der Waals surface area contributed by atoms with E-state index in [-0.39, 0.29) is 18.2 Å². The Morgan fingerprint density at radius 3 is 2.80 bits per heavy atom. The van der Waals surface area contributed by atoms with E-state index in [4.69, 9.17) is 10.5 Å². The van der Waals surface area contributed by atoms with Crippen molar-refractivity contribution in [3.8, 4) is 5.75 Å². The maximum atomic E-state index is 13.4. The highest BCUT2D eigenvalue weighted by atomic mass is 35.5. The molecule has 15 heavy (non-hydrogen) atoms. The zero-order valence-electron chi connectivity index (χ0n) is 8.57. The van der Waals surface area contributed by atoms with Crippen molar-refractivity contribution < 1.29 is 9.13 Å². The molecule has 0 aromatic heterocycles. The monoisotopic (exact) mass is 231 g/mol. The van der Waals surface area contributed by atoms with E-state index in [0.29, 0.717) is 17.7 Å². The van der Waals surface area contributed by atoms with Crippen LogP contribution in [0.4, 0.5) is 4.39 Å². The van der Waals surface area contributed by atoms with Crippen LogP contribution in [0.3, 0.4) is 0 Å². The largest absolute Gasteiger partial charge is 0.496 e. The van der Waals surface area contributed by atoms with Gasteiger partial charge in [-0.1, -0.05) is 12.1 Å². The summed E-state index contributed by atoms with van der Waals surface area (Å²) in [6, 6.07) is 4.27. The fourth-order valence-electron chi connectivity index (χ4n) is 1.35. The molecular weight excluding hydrogens is 217 g/mol. The minimum atomic E-state index is -0.399. The van der Waals surface area contributed by atoms with Crippen LogP contribution in [-0.2, 0) is 0 Å². The van der Waals surface area contributed by atoms with Gasteiger partial charge < -0.3 is 10.5 Å². The molecule has 0 saturated heterocycles. The summed E-state index contributed by atoms with van der Waals surface area (Å²) in [4.78, 5) is 0. The maximum absolute atomic E-state index is 13.4. The van der Waals surface area contributed by atoms with Crippen LogP contribution in [0.1, 0.15) is 18.0 Å². The molecule has 0 radical (unpaired) electrons. The van der Waals surface area contributed by atoms with Gasteiger partial charge in [0.1, 0.15) is 11.6 Å². The first-order valence-corrected chi connectivity index (χ1v) is 4.39. The van der Waals surface area contributed by atoms with E-state index in [1.54, 1.807) is 18.2 Å². The summed E-state index contributed by atoms with van der Waals surface area (Å²) < 4.78 is 18.5. The van der Waals surface area contributed by atoms with Crippen LogP contribution in [0.5, 0.6) is 5.75 Å². The third-order valence-electron chi connectivity index (χ3n) is 2.02. The van der Waals surface area contributed by atoms with E-state index in [1.807, 2.05) is 0 Å². The Morgan fingerprint density at radius 2 is 2.27 bits per heavy atom. The Morgan fingerprint density at radius 1 is 1.60 bits per heavy atom. The fourth-order valence-corrected chi connectivity index (χ4v) is 1.35. The molecule has 1 atom stereocenters. The Balaban J connectivity index is 0.00000196. The molecule has 1 aromatic rings. The second-order valence-electron chi connectivity index (χ2n) is 2.99. The van der Waals surface area contributed by atoms with Gasteiger partial charge in [0.05, 0.1) is 7.11 Å². The van der Waals surface area contributed by atoms with Crippen molar-refractivity contribution in [2.24, 2.45) is 5.73 Å². The van der Waals surface area contributed by atoms with E-state index in [2.05, 4.69) is 6.58 Å². The quantitative estimate of drug-likeness (QED) is 0.809. The van der Waals surface area contributed by atoms with Gasteiger partial charge in [0.25, 0.3) is 0 Å². The first-order valence-electron chi connectivity index (χ1n) is 4.39. The molecule has 1 aromatic carbocycles. The number of nitrogens with two attached hydrogens (primary N) is 1. The summed E-state index contributed by atoms with van der Waals surface area (Å²) in [7, 11) is 1.50. The molecule has 0 aliphatic heterocycles. The average molecular weight is 232 g/mol. The third-order valence-corrected chi connectivity index (χ3v) is 2.02. The molecular formula is C11H15ClFNO. The van der Waals surface area contributed by atoms with Crippen molar-refractivity contribution in [2.75, 3.05) is 7.11 Å². The van der Waals surface area contributed by atoms with Crippen LogP contribution >= 0.6 is 12.4 Å². The Labute approximate surface area is 95.3 Å². The Kier molecular flexibility index (Phi) is 5.97. The number of halogens is 2. The minimum absolute atomic E-state index is 0. The molecule has 84 valence electrons. The zero-order valence-corrected chi connectivity index (χ0v) is 9.39. The number of methoxy groups -OCH3 is 1. The van der Waals surface area contributed by atoms with E-state index < -0.39 is 6.04 Å². The molecule has 0 fully saturated rings. The molecule has 4 heteroatoms. The highest BCUT2D eigenvalue weighted by Gasteiger charge is 2.15. The van der Waals surface area contributed by atoms with Crippen LogP contribution in [-0.4, -0.2) is 7.11 Å². The maximum Gasteiger partial charge on any atom is 0.131 e. The molecule has 0 saturated carbocycles. The molecule has 0 bridgehead atoms. The van der Waals surface area contributed by atoms with Gasteiger partial charge in [-0.05, 0) is 18.6 Å². The van der Waals surface area contributed by atoms with Gasteiger partial charge >= 0.3 is 0 Å². The number of hydrogen-bond acceptors (Lipinski definition) is 2. The smallest absolute Gasteiger partial charge is 0.131 e. The van der Waals surface area contributed by atoms with E-state index in [1.165, 1.54) is 13.2 Å². The van der Waals surface area contributed by atoms with Gasteiger partial charge in [0, 0.05) is 11.6 Å². The van der Waals surface area contributed by atoms with Crippen molar-refractivity contribution in [1.82, 2.24) is 0 Å². The lowest BCUT2D eigenvalue weighted by atomic mass is 10.0. The highest BCUT2D eigenvalue weighted by Crippen LogP contribution is 2.28. The summed E-state index contributed by atoms with van der Waals surface area (Å²) in [5, 5.41) is 0. The number of benzene rings is 1. The molecule has 0 aliphatic carbocycles. The Hall–Kier alpha value is -1.06. The van der Waals surface area contributed by atoms with Crippen molar-refractivity contribution >= 4 is 12.4 Å². The molecule has 0 aliphatic rings. The Bertz CT molecular complexity index is 330. The van der Waals surface area contributed by atoms with Crippen LogP contribution in [0.15, 0.2) is 30.9 Å². The van der Waals surface area contributed by atoms with Gasteiger partial charge in [-0.25, -0.2) is 4.39 Å². The van der Waals surface area contributed by atoms with Gasteiger partial charge in [0.15, 0.2) is 0 Å². The third kappa shape index (κ3) is 3.22. The molecule has 0 spiro atoms. The first-order chi connectivity index (χ1) is 6.70. The van der Waals surface area contributed by atoms with E-state index >= 15 is 0 Å². The summed E-state index contributed by atoms with van der Waals surface area (Å²) in [5.74, 6) is 0.151. The predicted octanol–water partition coefficient (Wildman–Crippen LogP) is 2.83. The fraction of sp³-hybridized carbons (Fsp3) is 0.273. The lowest BCUT2D eigenvalue weighted by Crippen LogP contribution is -2.12. The number of hydrogen-bond donors (Lipinski definition) is 1. The minimum Gasteiger partial charge on any atom is -0.496 e. The molecule has 2 N–H and O–H groups in total. The summed E-state index contributed by atoms with van der Waals surface area (Å²) >= 11 is 0. The van der Waals surface area contributed by atoms with Gasteiger partial charge in [-0.2, -0.15) is 0 Å². The van der Waals surface area contributed by atoms with E-state index in [0.717, 1.165) is 0 Å². The van der Waals surface area contributed by atoms with Crippen molar-refractivity contribution in [3.63, 3.8) is 0 Å². The van der Waals surface area contributed by atoms with Crippen LogP contribution in [0, 0.1) is 5.82 Å². The topological polar surface area (TPSA) is 35.2 Å². The first kappa shape index (κ1) is 13.9. The van der Waals surface area contributed by atoms with Crippen molar-refractivity contribution in [2.45, 2.75) is 12.5 Å². The second-order valence-corrected chi connectivity index (χ2v) is 2.99. The summed E-state index contributed by atoms with van der Waals surface area (Å²) in [6.07, 6.45) is 2.19. The summed E-state index contributed by atoms with van der Waals surface area (Å²) in [6.45, 7) is 3.57. The van der Waals surface area contributed by atoms with Gasteiger partial charge in [0.2, 0.25) is 0 Å². The standard InChI is InChI=1S/C11H14FNO.ClH/c1-3-5-9(13)11-8(12)6-4-7-10(11)14-2;/h3-4,6-7,9H,1,5,13H2,2H3;1H/t9-;/m0./s1. The average Bonchev–Trinajstić information content (AvgIpc) is 2.17. The molecule has 0 unspecified atom stereocenters. The van der Waals surface area contributed by atoms with Gasteiger partial charge in [-0.15, -0.1) is 19.0 Å². The molecule has 2 nitrogen and oxygen atoms in total. The number of ether oxygens (including phenoxy) is 1. The zero-order chi connectivity index (χ0) is 10.6. The summed E-state index contributed by atoms with van der Waals surface area (Å²) in [5.41, 5.74) is 6.20. The van der Waals surface area contributed by atoms with Crippen molar-refractivity contribution in [1.29, 1.82) is 0 Å². The number of rotatable bonds is 4. The SMILES string of the molecule is C=CC[C@H](N)c1c(F)cccc1OC.Cl. The highest BCUT2D eigenvalue weighted by molar-refractivity contribution is 5.85. The van der Waals surface area contributed by atoms with Gasteiger partial charge in [-0.3, -0.25) is 0 Å². The van der Waals surface area contributed by atoms with Crippen molar-refractivity contribution in [3.05, 3.63) is 42.2 Å². The predicted molar refractivity (Wildman–Crippen MR) is 61.9 cm³/mol.